The van der Waals surface area contributed by atoms with E-state index in [-0.39, 0.29) is 0 Å². The first-order valence-corrected chi connectivity index (χ1v) is 7.68. The molecule has 3 aromatic carbocycles. The fourth-order valence-corrected chi connectivity index (χ4v) is 2.10. The summed E-state index contributed by atoms with van der Waals surface area (Å²) < 4.78 is 17.0. The van der Waals surface area contributed by atoms with E-state index in [2.05, 4.69) is 6.58 Å². The summed E-state index contributed by atoms with van der Waals surface area (Å²) in [6, 6.07) is 24.6. The second-order valence-corrected chi connectivity index (χ2v) is 5.06. The molecule has 0 unspecified atom stereocenters. The van der Waals surface area contributed by atoms with Crippen LogP contribution in [0, 0.1) is 0 Å². The molecule has 0 aliphatic heterocycles. The average Bonchev–Trinajstić information content (AvgIpc) is 2.64. The first-order chi connectivity index (χ1) is 11.8. The number of hydrogen-bond acceptors (Lipinski definition) is 3. The molecular weight excluding hydrogens is 300 g/mol. The normalized spacial score (nSPS) is 10.0. The number of ether oxygens (including phenoxy) is 3. The summed E-state index contributed by atoms with van der Waals surface area (Å²) in [5, 5.41) is 0. The summed E-state index contributed by atoms with van der Waals surface area (Å²) in [7, 11) is 0. The predicted molar refractivity (Wildman–Crippen MR) is 95.2 cm³/mol. The molecule has 0 heterocycles. The second-order valence-electron chi connectivity index (χ2n) is 5.06. The summed E-state index contributed by atoms with van der Waals surface area (Å²) in [6.07, 6.45) is 1.71. The van der Waals surface area contributed by atoms with Crippen LogP contribution in [0.5, 0.6) is 28.7 Å². The fraction of sp³-hybridized carbons (Fsp3) is 0.0476. The summed E-state index contributed by atoms with van der Waals surface area (Å²) in [5.41, 5.74) is 0. The van der Waals surface area contributed by atoms with Crippen LogP contribution in [-0.4, -0.2) is 6.61 Å². The van der Waals surface area contributed by atoms with Crippen molar-refractivity contribution in [3.8, 4) is 28.7 Å². The minimum atomic E-state index is 0.489. The van der Waals surface area contributed by atoms with Gasteiger partial charge in [-0.3, -0.25) is 0 Å². The molecule has 0 aromatic heterocycles. The molecule has 0 aliphatic rings. The quantitative estimate of drug-likeness (QED) is 0.512. The minimum Gasteiger partial charge on any atom is -0.490 e. The molecule has 0 N–H and O–H groups in total. The molecule has 3 rings (SSSR count). The highest BCUT2D eigenvalue weighted by Crippen LogP contribution is 2.27. The Morgan fingerprint density at radius 1 is 0.583 bits per heavy atom. The third kappa shape index (κ3) is 4.40. The summed E-state index contributed by atoms with van der Waals surface area (Å²) >= 11 is 0. The van der Waals surface area contributed by atoms with E-state index in [0.29, 0.717) is 6.61 Å². The molecule has 0 spiro atoms. The van der Waals surface area contributed by atoms with Gasteiger partial charge in [-0.15, -0.1) is 0 Å². The Morgan fingerprint density at radius 3 is 1.46 bits per heavy atom. The number of rotatable bonds is 7. The van der Waals surface area contributed by atoms with Gasteiger partial charge in [-0.2, -0.15) is 0 Å². The molecule has 0 aliphatic carbocycles. The Morgan fingerprint density at radius 2 is 1.00 bits per heavy atom. The van der Waals surface area contributed by atoms with Crippen molar-refractivity contribution < 1.29 is 14.2 Å². The molecule has 0 radical (unpaired) electrons. The van der Waals surface area contributed by atoms with E-state index in [1.165, 1.54) is 0 Å². The van der Waals surface area contributed by atoms with Crippen LogP contribution >= 0.6 is 0 Å². The maximum absolute atomic E-state index is 5.81. The van der Waals surface area contributed by atoms with Crippen LogP contribution < -0.4 is 14.2 Å². The van der Waals surface area contributed by atoms with E-state index in [9.17, 15) is 0 Å². The topological polar surface area (TPSA) is 27.7 Å². The fourth-order valence-electron chi connectivity index (χ4n) is 2.10. The van der Waals surface area contributed by atoms with Gasteiger partial charge in [0.25, 0.3) is 0 Å². The predicted octanol–water partition coefficient (Wildman–Crippen LogP) is 5.84. The zero-order valence-electron chi connectivity index (χ0n) is 13.2. The Kier molecular flexibility index (Phi) is 5.15. The number of para-hydroxylation sites is 1. The molecule has 0 bridgehead atoms. The smallest absolute Gasteiger partial charge is 0.127 e. The van der Waals surface area contributed by atoms with Crippen LogP contribution in [0.1, 0.15) is 0 Å². The molecule has 0 amide bonds. The maximum Gasteiger partial charge on any atom is 0.127 e. The standard InChI is InChI=1S/C21H18O3/c1-2-16-22-17-8-10-19(11-9-17)24-21-14-12-20(13-15-21)23-18-6-4-3-5-7-18/h2-15H,1,16H2. The highest BCUT2D eigenvalue weighted by molar-refractivity contribution is 5.39. The van der Waals surface area contributed by atoms with Crippen molar-refractivity contribution in [2.24, 2.45) is 0 Å². The van der Waals surface area contributed by atoms with Crippen molar-refractivity contribution >= 4 is 0 Å². The molecule has 3 nitrogen and oxygen atoms in total. The van der Waals surface area contributed by atoms with Gasteiger partial charge in [0.1, 0.15) is 35.4 Å². The number of benzene rings is 3. The Labute approximate surface area is 141 Å². The molecule has 3 heteroatoms. The van der Waals surface area contributed by atoms with E-state index in [1.54, 1.807) is 6.08 Å². The van der Waals surface area contributed by atoms with Gasteiger partial charge in [-0.25, -0.2) is 0 Å². The average molecular weight is 318 g/mol. The molecule has 120 valence electrons. The lowest BCUT2D eigenvalue weighted by atomic mass is 10.3. The lowest BCUT2D eigenvalue weighted by Crippen LogP contribution is -1.92. The van der Waals surface area contributed by atoms with Crippen LogP contribution in [0.15, 0.2) is 91.5 Å². The first kappa shape index (κ1) is 15.7. The van der Waals surface area contributed by atoms with Crippen molar-refractivity contribution in [2.75, 3.05) is 6.61 Å². The van der Waals surface area contributed by atoms with Gasteiger partial charge in [-0.1, -0.05) is 30.9 Å². The third-order valence-electron chi connectivity index (χ3n) is 3.23. The van der Waals surface area contributed by atoms with Gasteiger partial charge < -0.3 is 14.2 Å². The Bertz CT molecular complexity index is 762. The van der Waals surface area contributed by atoms with Crippen LogP contribution in [0.2, 0.25) is 0 Å². The largest absolute Gasteiger partial charge is 0.490 e. The monoisotopic (exact) mass is 318 g/mol. The molecule has 24 heavy (non-hydrogen) atoms. The molecule has 3 aromatic rings. The molecular formula is C21H18O3. The van der Waals surface area contributed by atoms with Crippen molar-refractivity contribution in [3.05, 3.63) is 91.5 Å². The van der Waals surface area contributed by atoms with E-state index in [0.717, 1.165) is 28.7 Å². The highest BCUT2D eigenvalue weighted by atomic mass is 16.5. The first-order valence-electron chi connectivity index (χ1n) is 7.68. The van der Waals surface area contributed by atoms with Gasteiger partial charge >= 0.3 is 0 Å². The van der Waals surface area contributed by atoms with E-state index in [1.807, 2.05) is 78.9 Å². The van der Waals surface area contributed by atoms with E-state index in [4.69, 9.17) is 14.2 Å². The lowest BCUT2D eigenvalue weighted by Gasteiger charge is -2.09. The minimum absolute atomic E-state index is 0.489. The third-order valence-corrected chi connectivity index (χ3v) is 3.23. The van der Waals surface area contributed by atoms with Crippen molar-refractivity contribution in [1.82, 2.24) is 0 Å². The highest BCUT2D eigenvalue weighted by Gasteiger charge is 2.01. The molecule has 0 saturated carbocycles. The Balaban J connectivity index is 1.60. The maximum atomic E-state index is 5.81. The van der Waals surface area contributed by atoms with Crippen LogP contribution in [0.4, 0.5) is 0 Å². The van der Waals surface area contributed by atoms with E-state index < -0.39 is 0 Å². The second kappa shape index (κ2) is 7.88. The zero-order chi connectivity index (χ0) is 16.6. The van der Waals surface area contributed by atoms with Gasteiger partial charge in [0.05, 0.1) is 0 Å². The van der Waals surface area contributed by atoms with Crippen molar-refractivity contribution in [1.29, 1.82) is 0 Å². The summed E-state index contributed by atoms with van der Waals surface area (Å²) in [4.78, 5) is 0. The van der Waals surface area contributed by atoms with Crippen LogP contribution in [-0.2, 0) is 0 Å². The van der Waals surface area contributed by atoms with E-state index >= 15 is 0 Å². The van der Waals surface area contributed by atoms with Gasteiger partial charge in [0, 0.05) is 0 Å². The molecule has 0 atom stereocenters. The SMILES string of the molecule is C=CCOc1ccc(Oc2ccc(Oc3ccccc3)cc2)cc1. The van der Waals surface area contributed by atoms with Crippen molar-refractivity contribution in [3.63, 3.8) is 0 Å². The van der Waals surface area contributed by atoms with Crippen molar-refractivity contribution in [2.45, 2.75) is 0 Å². The summed E-state index contributed by atoms with van der Waals surface area (Å²) in [6.45, 7) is 4.11. The number of hydrogen-bond donors (Lipinski definition) is 0. The summed E-state index contributed by atoms with van der Waals surface area (Å²) in [5.74, 6) is 3.85. The van der Waals surface area contributed by atoms with Crippen LogP contribution in [0.3, 0.4) is 0 Å². The van der Waals surface area contributed by atoms with Crippen LogP contribution in [0.25, 0.3) is 0 Å². The molecule has 0 saturated heterocycles. The van der Waals surface area contributed by atoms with Gasteiger partial charge in [0.2, 0.25) is 0 Å². The molecule has 0 fully saturated rings. The zero-order valence-corrected chi connectivity index (χ0v) is 13.2. The Hall–Kier alpha value is -3.20. The van der Waals surface area contributed by atoms with Gasteiger partial charge in [-0.05, 0) is 60.7 Å². The lowest BCUT2D eigenvalue weighted by molar-refractivity contribution is 0.362. The van der Waals surface area contributed by atoms with Gasteiger partial charge in [0.15, 0.2) is 0 Å².